The molecule has 0 rings (SSSR count). The molecule has 0 saturated carbocycles. The van der Waals surface area contributed by atoms with Crippen molar-refractivity contribution in [2.45, 2.75) is 274 Å². The van der Waals surface area contributed by atoms with Crippen LogP contribution in [0.2, 0.25) is 0 Å². The van der Waals surface area contributed by atoms with Crippen LogP contribution in [-0.2, 0) is 14.2 Å². The van der Waals surface area contributed by atoms with Crippen molar-refractivity contribution < 1.29 is 14.2 Å². The van der Waals surface area contributed by atoms with Gasteiger partial charge < -0.3 is 19.1 Å². The second-order valence-corrected chi connectivity index (χ2v) is 17.7. The average Bonchev–Trinajstić information content (AvgIpc) is 3.20. The third-order valence-electron chi connectivity index (χ3n) is 14.3. The second-order valence-electron chi connectivity index (χ2n) is 17.7. The summed E-state index contributed by atoms with van der Waals surface area (Å²) in [6, 6.07) is 0. The number of unbranched alkanes of at least 4 members (excludes halogenated alkanes) is 17. The molecule has 0 radical (unpaired) electrons. The van der Waals surface area contributed by atoms with Gasteiger partial charge in [0.15, 0.2) is 0 Å². The predicted octanol–water partition coefficient (Wildman–Crippen LogP) is 16.9. The van der Waals surface area contributed by atoms with Crippen molar-refractivity contribution in [2.24, 2.45) is 16.7 Å². The van der Waals surface area contributed by atoms with Gasteiger partial charge in [-0.1, -0.05) is 203 Å². The summed E-state index contributed by atoms with van der Waals surface area (Å²) in [6.07, 6.45) is 42.0. The van der Waals surface area contributed by atoms with Crippen molar-refractivity contribution >= 4 is 0 Å². The minimum absolute atomic E-state index is 0.273. The largest absolute Gasteiger partial charge is 0.328 e. The lowest BCUT2D eigenvalue weighted by atomic mass is 9.75. The van der Waals surface area contributed by atoms with E-state index in [0.717, 1.165) is 12.8 Å². The topological polar surface area (TPSA) is 30.9 Å². The van der Waals surface area contributed by atoms with Gasteiger partial charge in [0.25, 0.3) is 5.97 Å². The summed E-state index contributed by atoms with van der Waals surface area (Å²) in [5.74, 6) is -0.627. The first-order chi connectivity index (χ1) is 26.8. The van der Waals surface area contributed by atoms with Crippen molar-refractivity contribution in [1.29, 1.82) is 0 Å². The molecule has 0 amide bonds. The Hall–Kier alpha value is -0.160. The summed E-state index contributed by atoms with van der Waals surface area (Å²) in [5.41, 5.74) is 1.22. The summed E-state index contributed by atoms with van der Waals surface area (Å²) in [5, 5.41) is 0. The molecule has 0 spiro atoms. The van der Waals surface area contributed by atoms with Crippen LogP contribution in [-0.4, -0.2) is 50.3 Å². The minimum Gasteiger partial charge on any atom is -0.328 e. The van der Waals surface area contributed by atoms with E-state index < -0.39 is 5.97 Å². The molecule has 0 aliphatic heterocycles. The Kier molecular flexibility index (Phi) is 36.8. The first-order valence-corrected chi connectivity index (χ1v) is 25.4. The normalized spacial score (nSPS) is 13.4. The van der Waals surface area contributed by atoms with E-state index in [1.807, 2.05) is 0 Å². The summed E-state index contributed by atoms with van der Waals surface area (Å²) < 4.78 is 19.2. The molecule has 1 unspecified atom stereocenters. The molecule has 0 N–H and O–H groups in total. The zero-order chi connectivity index (χ0) is 40.9. The monoisotopic (exact) mass is 780 g/mol. The zero-order valence-corrected chi connectivity index (χ0v) is 39.9. The predicted molar refractivity (Wildman–Crippen MR) is 245 cm³/mol. The summed E-state index contributed by atoms with van der Waals surface area (Å²) >= 11 is 0. The number of hydrogen-bond donors (Lipinski definition) is 0. The van der Waals surface area contributed by atoms with E-state index in [4.69, 9.17) is 14.2 Å². The molecule has 0 heterocycles. The molecule has 4 heteroatoms. The lowest BCUT2D eigenvalue weighted by Gasteiger charge is -2.39. The fraction of sp³-hybridized carbons (Fsp3) is 1.00. The van der Waals surface area contributed by atoms with Gasteiger partial charge in [0, 0.05) is 25.7 Å². The molecule has 55 heavy (non-hydrogen) atoms. The van der Waals surface area contributed by atoms with Gasteiger partial charge in [0.2, 0.25) is 0 Å². The molecule has 0 saturated heterocycles. The van der Waals surface area contributed by atoms with Crippen molar-refractivity contribution in [3.05, 3.63) is 0 Å². The lowest BCUT2D eigenvalue weighted by Crippen LogP contribution is -2.47. The van der Waals surface area contributed by atoms with Crippen molar-refractivity contribution in [2.75, 3.05) is 39.5 Å². The van der Waals surface area contributed by atoms with Crippen LogP contribution in [0.5, 0.6) is 0 Å². The third kappa shape index (κ3) is 25.2. The van der Waals surface area contributed by atoms with Crippen LogP contribution in [0.15, 0.2) is 0 Å². The Morgan fingerprint density at radius 2 is 0.655 bits per heavy atom. The highest BCUT2D eigenvalue weighted by Gasteiger charge is 2.41. The first kappa shape index (κ1) is 54.8. The number of hydrogen-bond acceptors (Lipinski definition) is 4. The Morgan fingerprint density at radius 1 is 0.345 bits per heavy atom. The van der Waals surface area contributed by atoms with E-state index in [-0.39, 0.29) is 5.92 Å². The third-order valence-corrected chi connectivity index (χ3v) is 14.3. The van der Waals surface area contributed by atoms with E-state index in [1.165, 1.54) is 206 Å². The maximum Gasteiger partial charge on any atom is 0.285 e. The molecule has 4 nitrogen and oxygen atoms in total. The highest BCUT2D eigenvalue weighted by molar-refractivity contribution is 4.77. The van der Waals surface area contributed by atoms with Crippen LogP contribution in [0.4, 0.5) is 0 Å². The van der Waals surface area contributed by atoms with Gasteiger partial charge in [0.05, 0.1) is 0 Å². The Morgan fingerprint density at radius 3 is 1.02 bits per heavy atom. The SMILES string of the molecule is CCCCCCCCC(CCCN(CCCCCCCCCC(CC)(CC)CC)CCCCCCCCCC(CC)(CC)CC)C(OCC)(OCC)OCC. The van der Waals surface area contributed by atoms with Crippen LogP contribution < -0.4 is 0 Å². The van der Waals surface area contributed by atoms with Crippen LogP contribution in [0.25, 0.3) is 0 Å². The molecular weight excluding hydrogens is 675 g/mol. The van der Waals surface area contributed by atoms with Gasteiger partial charge >= 0.3 is 0 Å². The fourth-order valence-corrected chi connectivity index (χ4v) is 9.65. The molecule has 0 aliphatic rings. The summed E-state index contributed by atoms with van der Waals surface area (Å²) in [7, 11) is 0. The molecule has 1 atom stereocenters. The Bertz CT molecular complexity index is 706. The second kappa shape index (κ2) is 36.9. The van der Waals surface area contributed by atoms with Crippen LogP contribution in [0.3, 0.4) is 0 Å². The first-order valence-electron chi connectivity index (χ1n) is 25.4. The molecule has 0 bridgehead atoms. The summed E-state index contributed by atoms with van der Waals surface area (Å²) in [6.45, 7) is 28.5. The zero-order valence-electron chi connectivity index (χ0n) is 39.9. The van der Waals surface area contributed by atoms with Gasteiger partial charge in [-0.2, -0.15) is 0 Å². The average molecular weight is 780 g/mol. The van der Waals surface area contributed by atoms with Crippen molar-refractivity contribution in [1.82, 2.24) is 4.90 Å². The molecule has 0 aromatic rings. The standard InChI is InChI=1S/C51H105NO3/c1-11-21-22-23-30-35-41-48(51(53-18-8,54-19-9)55-20-10)42-40-47-52(45-38-33-28-24-26-31-36-43-49(12-2,13-3)14-4)46-39-34-29-25-27-32-37-44-50(15-5,16-6)17-7/h48H,11-47H2,1-10H3. The smallest absolute Gasteiger partial charge is 0.285 e. The van der Waals surface area contributed by atoms with Crippen molar-refractivity contribution in [3.8, 4) is 0 Å². The maximum atomic E-state index is 6.39. The van der Waals surface area contributed by atoms with Gasteiger partial charge in [-0.25, -0.2) is 0 Å². The number of ether oxygens (including phenoxy) is 3. The van der Waals surface area contributed by atoms with Gasteiger partial charge in [-0.3, -0.25) is 0 Å². The molecule has 0 fully saturated rings. The molecule has 0 aromatic carbocycles. The van der Waals surface area contributed by atoms with E-state index >= 15 is 0 Å². The Labute approximate surface area is 348 Å². The molecule has 0 aromatic heterocycles. The van der Waals surface area contributed by atoms with Crippen molar-refractivity contribution in [3.63, 3.8) is 0 Å². The van der Waals surface area contributed by atoms with Gasteiger partial charge in [-0.05, 0) is 96.2 Å². The molecule has 332 valence electrons. The number of rotatable bonds is 44. The lowest BCUT2D eigenvalue weighted by molar-refractivity contribution is -0.403. The van der Waals surface area contributed by atoms with Crippen LogP contribution in [0.1, 0.15) is 268 Å². The quantitative estimate of drug-likeness (QED) is 0.0455. The van der Waals surface area contributed by atoms with E-state index in [2.05, 4.69) is 74.1 Å². The molecular formula is C51H105NO3. The number of nitrogens with zero attached hydrogens (tertiary/aromatic N) is 1. The van der Waals surface area contributed by atoms with E-state index in [0.29, 0.717) is 30.7 Å². The van der Waals surface area contributed by atoms with Gasteiger partial charge in [-0.15, -0.1) is 0 Å². The van der Waals surface area contributed by atoms with E-state index in [1.54, 1.807) is 0 Å². The summed E-state index contributed by atoms with van der Waals surface area (Å²) in [4.78, 5) is 2.82. The van der Waals surface area contributed by atoms with E-state index in [9.17, 15) is 0 Å². The molecule has 0 aliphatic carbocycles. The van der Waals surface area contributed by atoms with Crippen LogP contribution in [0, 0.1) is 16.7 Å². The maximum absolute atomic E-state index is 6.39. The van der Waals surface area contributed by atoms with Gasteiger partial charge in [0.1, 0.15) is 0 Å². The highest BCUT2D eigenvalue weighted by Crippen LogP contribution is 2.38. The highest BCUT2D eigenvalue weighted by atomic mass is 16.9. The Balaban J connectivity index is 5.14. The van der Waals surface area contributed by atoms with Crippen LogP contribution >= 0.6 is 0 Å². The fourth-order valence-electron chi connectivity index (χ4n) is 9.65. The minimum atomic E-state index is -0.900.